The standard InChI is InChI=1S/C24H27N3O3/c1-16-7-8-20(11-17(16)2)26-24(28)19(15-25)12-18-13-23(30-4)21(14-22(18)29-3)27-9-5-6-10-27/h7-8,11-14H,5-6,9-10H2,1-4H3,(H,26,28)/b19-12-. The van der Waals surface area contributed by atoms with Crippen molar-refractivity contribution in [2.45, 2.75) is 26.7 Å². The van der Waals surface area contributed by atoms with E-state index in [4.69, 9.17) is 9.47 Å². The van der Waals surface area contributed by atoms with E-state index in [0.717, 1.165) is 42.7 Å². The lowest BCUT2D eigenvalue weighted by Crippen LogP contribution is -2.18. The Bertz CT molecular complexity index is 1020. The van der Waals surface area contributed by atoms with Gasteiger partial charge in [-0.3, -0.25) is 4.79 Å². The molecule has 2 aromatic rings. The van der Waals surface area contributed by atoms with Crippen LogP contribution >= 0.6 is 0 Å². The van der Waals surface area contributed by atoms with Crippen LogP contribution in [-0.4, -0.2) is 33.2 Å². The van der Waals surface area contributed by atoms with E-state index in [2.05, 4.69) is 10.2 Å². The minimum Gasteiger partial charge on any atom is -0.496 e. The molecule has 1 fully saturated rings. The molecule has 1 N–H and O–H groups in total. The number of hydrogen-bond donors (Lipinski definition) is 1. The van der Waals surface area contributed by atoms with Crippen LogP contribution in [0, 0.1) is 25.2 Å². The number of carbonyl (C=O) groups is 1. The molecular weight excluding hydrogens is 378 g/mol. The molecule has 6 heteroatoms. The van der Waals surface area contributed by atoms with Crippen LogP contribution in [0.5, 0.6) is 11.5 Å². The fraction of sp³-hybridized carbons (Fsp3) is 0.333. The number of hydrogen-bond acceptors (Lipinski definition) is 5. The zero-order valence-corrected chi connectivity index (χ0v) is 17.9. The highest BCUT2D eigenvalue weighted by Gasteiger charge is 2.20. The first-order chi connectivity index (χ1) is 14.5. The van der Waals surface area contributed by atoms with Gasteiger partial charge in [0.05, 0.1) is 19.9 Å². The summed E-state index contributed by atoms with van der Waals surface area (Å²) in [4.78, 5) is 14.9. The van der Waals surface area contributed by atoms with E-state index in [1.807, 2.05) is 50.2 Å². The Kier molecular flexibility index (Phi) is 6.63. The molecule has 1 aliphatic rings. The lowest BCUT2D eigenvalue weighted by Gasteiger charge is -2.22. The Morgan fingerprint density at radius 2 is 1.77 bits per heavy atom. The van der Waals surface area contributed by atoms with Crippen molar-refractivity contribution in [3.63, 3.8) is 0 Å². The summed E-state index contributed by atoms with van der Waals surface area (Å²) in [6, 6.07) is 11.4. The van der Waals surface area contributed by atoms with Crippen LogP contribution in [0.3, 0.4) is 0 Å². The van der Waals surface area contributed by atoms with Crippen molar-refractivity contribution in [2.24, 2.45) is 0 Å². The van der Waals surface area contributed by atoms with Gasteiger partial charge in [-0.25, -0.2) is 0 Å². The van der Waals surface area contributed by atoms with Crippen molar-refractivity contribution in [3.8, 4) is 17.6 Å². The Balaban J connectivity index is 1.92. The van der Waals surface area contributed by atoms with Crippen molar-refractivity contribution in [2.75, 3.05) is 37.5 Å². The molecule has 0 spiro atoms. The number of rotatable bonds is 6. The average Bonchev–Trinajstić information content (AvgIpc) is 3.28. The lowest BCUT2D eigenvalue weighted by molar-refractivity contribution is -0.112. The second kappa shape index (κ2) is 9.36. The summed E-state index contributed by atoms with van der Waals surface area (Å²) in [7, 11) is 3.20. The van der Waals surface area contributed by atoms with Crippen LogP contribution in [-0.2, 0) is 4.79 Å². The monoisotopic (exact) mass is 405 g/mol. The third-order valence-corrected chi connectivity index (χ3v) is 5.41. The third-order valence-electron chi connectivity index (χ3n) is 5.41. The topological polar surface area (TPSA) is 74.6 Å². The Morgan fingerprint density at radius 1 is 1.07 bits per heavy atom. The molecule has 6 nitrogen and oxygen atoms in total. The summed E-state index contributed by atoms with van der Waals surface area (Å²) < 4.78 is 11.1. The van der Waals surface area contributed by atoms with E-state index in [1.54, 1.807) is 14.2 Å². The van der Waals surface area contributed by atoms with Gasteiger partial charge in [0.15, 0.2) is 0 Å². The number of carbonyl (C=O) groups excluding carboxylic acids is 1. The average molecular weight is 405 g/mol. The molecule has 0 aliphatic carbocycles. The van der Waals surface area contributed by atoms with Gasteiger partial charge in [0.2, 0.25) is 0 Å². The largest absolute Gasteiger partial charge is 0.496 e. The molecule has 0 saturated carbocycles. The van der Waals surface area contributed by atoms with Gasteiger partial charge in [0.25, 0.3) is 5.91 Å². The number of anilines is 2. The molecule has 0 radical (unpaired) electrons. The second-order valence-electron chi connectivity index (χ2n) is 7.38. The van der Waals surface area contributed by atoms with Crippen molar-refractivity contribution in [1.82, 2.24) is 0 Å². The molecule has 0 bridgehead atoms. The van der Waals surface area contributed by atoms with Crippen molar-refractivity contribution >= 4 is 23.4 Å². The van der Waals surface area contributed by atoms with Gasteiger partial charge >= 0.3 is 0 Å². The minimum absolute atomic E-state index is 0.0116. The van der Waals surface area contributed by atoms with Crippen LogP contribution in [0.25, 0.3) is 6.08 Å². The van der Waals surface area contributed by atoms with Crippen molar-refractivity contribution in [1.29, 1.82) is 5.26 Å². The van der Waals surface area contributed by atoms with Gasteiger partial charge in [-0.15, -0.1) is 0 Å². The summed E-state index contributed by atoms with van der Waals surface area (Å²) in [6.45, 7) is 5.92. The molecule has 1 heterocycles. The van der Waals surface area contributed by atoms with Gasteiger partial charge in [0.1, 0.15) is 23.1 Å². The van der Waals surface area contributed by atoms with E-state index in [9.17, 15) is 10.1 Å². The summed E-state index contributed by atoms with van der Waals surface area (Å²) in [5.41, 5.74) is 4.42. The predicted molar refractivity (Wildman–Crippen MR) is 119 cm³/mol. The number of amides is 1. The number of methoxy groups -OCH3 is 2. The van der Waals surface area contributed by atoms with Crippen LogP contribution < -0.4 is 19.7 Å². The predicted octanol–water partition coefficient (Wildman–Crippen LogP) is 4.47. The molecule has 1 amide bonds. The van der Waals surface area contributed by atoms with Crippen LogP contribution in [0.15, 0.2) is 35.9 Å². The van der Waals surface area contributed by atoms with E-state index in [0.29, 0.717) is 22.7 Å². The van der Waals surface area contributed by atoms with Gasteiger partial charge in [-0.1, -0.05) is 6.07 Å². The number of aryl methyl sites for hydroxylation is 2. The first-order valence-corrected chi connectivity index (χ1v) is 9.98. The van der Waals surface area contributed by atoms with Crippen LogP contribution in [0.2, 0.25) is 0 Å². The summed E-state index contributed by atoms with van der Waals surface area (Å²) in [5.74, 6) is 0.811. The summed E-state index contributed by atoms with van der Waals surface area (Å²) in [6.07, 6.45) is 3.82. The van der Waals surface area contributed by atoms with Gasteiger partial charge in [0, 0.05) is 30.4 Å². The van der Waals surface area contributed by atoms with E-state index >= 15 is 0 Å². The molecule has 1 saturated heterocycles. The smallest absolute Gasteiger partial charge is 0.266 e. The normalized spacial score (nSPS) is 13.7. The summed E-state index contributed by atoms with van der Waals surface area (Å²) >= 11 is 0. The zero-order chi connectivity index (χ0) is 21.7. The molecule has 0 atom stereocenters. The number of ether oxygens (including phenoxy) is 2. The molecule has 1 aliphatic heterocycles. The van der Waals surface area contributed by atoms with Gasteiger partial charge < -0.3 is 19.7 Å². The number of benzene rings is 2. The van der Waals surface area contributed by atoms with Gasteiger partial charge in [-0.2, -0.15) is 5.26 Å². The van der Waals surface area contributed by atoms with Crippen molar-refractivity contribution < 1.29 is 14.3 Å². The molecular formula is C24H27N3O3. The van der Waals surface area contributed by atoms with Crippen molar-refractivity contribution in [3.05, 3.63) is 52.6 Å². The highest BCUT2D eigenvalue weighted by molar-refractivity contribution is 6.10. The molecule has 2 aromatic carbocycles. The zero-order valence-electron chi connectivity index (χ0n) is 17.9. The van der Waals surface area contributed by atoms with E-state index < -0.39 is 5.91 Å². The number of nitriles is 1. The lowest BCUT2D eigenvalue weighted by atomic mass is 10.1. The Hall–Kier alpha value is -3.46. The first kappa shape index (κ1) is 21.3. The molecule has 3 rings (SSSR count). The van der Waals surface area contributed by atoms with Crippen LogP contribution in [0.4, 0.5) is 11.4 Å². The summed E-state index contributed by atoms with van der Waals surface area (Å²) in [5, 5.41) is 12.4. The molecule has 0 unspecified atom stereocenters. The number of nitrogens with one attached hydrogen (secondary N) is 1. The maximum Gasteiger partial charge on any atom is 0.266 e. The van der Waals surface area contributed by atoms with E-state index in [-0.39, 0.29) is 5.57 Å². The maximum atomic E-state index is 12.7. The fourth-order valence-electron chi connectivity index (χ4n) is 3.54. The SMILES string of the molecule is COc1cc(N2CCCC2)c(OC)cc1/C=C(/C#N)C(=O)Nc1ccc(C)c(C)c1. The first-order valence-electron chi connectivity index (χ1n) is 9.98. The second-order valence-corrected chi connectivity index (χ2v) is 7.38. The van der Waals surface area contributed by atoms with Gasteiger partial charge in [-0.05, 0) is 62.1 Å². The van der Waals surface area contributed by atoms with E-state index in [1.165, 1.54) is 6.08 Å². The Morgan fingerprint density at radius 3 is 2.37 bits per heavy atom. The number of nitrogens with zero attached hydrogens (tertiary/aromatic N) is 2. The quantitative estimate of drug-likeness (QED) is 0.567. The molecule has 30 heavy (non-hydrogen) atoms. The van der Waals surface area contributed by atoms with Crippen LogP contribution in [0.1, 0.15) is 29.5 Å². The highest BCUT2D eigenvalue weighted by Crippen LogP contribution is 2.38. The minimum atomic E-state index is -0.467. The fourth-order valence-corrected chi connectivity index (χ4v) is 3.54. The third kappa shape index (κ3) is 4.57. The molecule has 156 valence electrons. The molecule has 0 aromatic heterocycles. The maximum absolute atomic E-state index is 12.7. The highest BCUT2D eigenvalue weighted by atomic mass is 16.5. The Labute approximate surface area is 177 Å².